The van der Waals surface area contributed by atoms with Gasteiger partial charge in [-0.1, -0.05) is 72.4 Å². The van der Waals surface area contributed by atoms with Crippen LogP contribution in [0.4, 0.5) is 0 Å². The Morgan fingerprint density at radius 3 is 2.43 bits per heavy atom. The number of fused-ring (bicyclic) bond motifs is 1. The molecule has 5 N–H and O–H groups in total. The van der Waals surface area contributed by atoms with Crippen LogP contribution in [0.5, 0.6) is 0 Å². The SMILES string of the molecule is Nn1cnnc1SCC1=C(C(=O)OC(c2ccccc2)c2ccccc2)N2C(=O)[C@](N)(NC=O)[C@H]2SC1. The van der Waals surface area contributed by atoms with E-state index < -0.39 is 29.0 Å². The Hall–Kier alpha value is -3.81. The molecule has 3 heterocycles. The second-order valence-corrected chi connectivity index (χ2v) is 10.3. The normalized spacial score (nSPS) is 20.9. The smallest absolute Gasteiger partial charge is 0.356 e. The van der Waals surface area contributed by atoms with Gasteiger partial charge in [0.1, 0.15) is 17.4 Å². The third kappa shape index (κ3) is 4.56. The van der Waals surface area contributed by atoms with Crippen LogP contribution in [0.15, 0.2) is 83.4 Å². The zero-order chi connectivity index (χ0) is 26.0. The summed E-state index contributed by atoms with van der Waals surface area (Å²) in [5.74, 6) is 5.26. The number of thioether (sulfide) groups is 2. The van der Waals surface area contributed by atoms with Crippen molar-refractivity contribution < 1.29 is 19.1 Å². The van der Waals surface area contributed by atoms with Crippen LogP contribution in [-0.4, -0.2) is 60.6 Å². The van der Waals surface area contributed by atoms with Crippen molar-refractivity contribution in [1.29, 1.82) is 0 Å². The number of ether oxygens (including phenoxy) is 1. The van der Waals surface area contributed by atoms with Gasteiger partial charge in [-0.05, 0) is 16.7 Å². The molecule has 2 atom stereocenters. The molecule has 0 saturated carbocycles. The summed E-state index contributed by atoms with van der Waals surface area (Å²) in [6.45, 7) is 0. The zero-order valence-corrected chi connectivity index (χ0v) is 21.0. The molecule has 2 aliphatic heterocycles. The first-order chi connectivity index (χ1) is 17.9. The van der Waals surface area contributed by atoms with Crippen molar-refractivity contribution in [1.82, 2.24) is 25.1 Å². The number of carbonyl (C=O) groups is 3. The molecule has 2 aromatic carbocycles. The lowest BCUT2D eigenvalue weighted by molar-refractivity contribution is -0.160. The van der Waals surface area contributed by atoms with Crippen molar-refractivity contribution in [2.75, 3.05) is 17.3 Å². The van der Waals surface area contributed by atoms with E-state index in [1.807, 2.05) is 60.7 Å². The molecule has 11 nitrogen and oxygen atoms in total. The van der Waals surface area contributed by atoms with Crippen molar-refractivity contribution in [2.45, 2.75) is 22.3 Å². The van der Waals surface area contributed by atoms with Gasteiger partial charge in [-0.3, -0.25) is 20.2 Å². The second-order valence-electron chi connectivity index (χ2n) is 8.34. The van der Waals surface area contributed by atoms with Crippen LogP contribution >= 0.6 is 23.5 Å². The number of amides is 2. The topological polar surface area (TPSA) is 158 Å². The average molecular weight is 538 g/mol. The third-order valence-corrected chi connectivity index (χ3v) is 8.48. The standard InChI is InChI=1S/C24H23N7O4S2/c25-24(27-14-32)21(34)31-18(17(11-36-22(24)31)12-37-23-29-28-13-30(23)26)20(33)35-19(15-7-3-1-4-8-15)16-9-5-2-6-10-16/h1-10,13-14,19,22H,11-12,25-26H2,(H,27,32)/t22-,24+/m1/s1. The van der Waals surface area contributed by atoms with Crippen LogP contribution in [-0.2, 0) is 19.1 Å². The number of aromatic nitrogens is 3. The lowest BCUT2D eigenvalue weighted by atomic mass is 9.96. The number of rotatable bonds is 9. The van der Waals surface area contributed by atoms with E-state index in [0.29, 0.717) is 28.6 Å². The number of nitrogens with zero attached hydrogens (tertiary/aromatic N) is 4. The second kappa shape index (κ2) is 10.3. The molecule has 2 aliphatic rings. The van der Waals surface area contributed by atoms with Crippen LogP contribution in [0.2, 0.25) is 0 Å². The fourth-order valence-corrected chi connectivity index (χ4v) is 6.56. The van der Waals surface area contributed by atoms with Crippen LogP contribution in [0.1, 0.15) is 17.2 Å². The highest BCUT2D eigenvalue weighted by molar-refractivity contribution is 8.01. The summed E-state index contributed by atoms with van der Waals surface area (Å²) in [6.07, 6.45) is 1.05. The molecule has 37 heavy (non-hydrogen) atoms. The number of esters is 1. The van der Waals surface area contributed by atoms with Crippen LogP contribution in [0.25, 0.3) is 0 Å². The van der Waals surface area contributed by atoms with E-state index in [4.69, 9.17) is 16.3 Å². The minimum atomic E-state index is -1.60. The number of hydrogen-bond donors (Lipinski definition) is 3. The highest BCUT2D eigenvalue weighted by Crippen LogP contribution is 2.45. The predicted octanol–water partition coefficient (Wildman–Crippen LogP) is 0.987. The fourth-order valence-electron chi connectivity index (χ4n) is 4.21. The molecule has 1 fully saturated rings. The lowest BCUT2D eigenvalue weighted by Gasteiger charge is -2.55. The monoisotopic (exact) mass is 537 g/mol. The van der Waals surface area contributed by atoms with Crippen molar-refractivity contribution in [2.24, 2.45) is 5.73 Å². The Kier molecular flexibility index (Phi) is 6.91. The van der Waals surface area contributed by atoms with Gasteiger partial charge in [0.15, 0.2) is 6.10 Å². The lowest BCUT2D eigenvalue weighted by Crippen LogP contribution is -2.83. The van der Waals surface area contributed by atoms with E-state index in [2.05, 4.69) is 15.5 Å². The fraction of sp³-hybridized carbons (Fsp3) is 0.208. The Balaban J connectivity index is 1.50. The number of nitrogens with one attached hydrogen (secondary N) is 1. The van der Waals surface area contributed by atoms with E-state index in [-0.39, 0.29) is 5.70 Å². The average Bonchev–Trinajstić information content (AvgIpc) is 3.35. The number of carbonyl (C=O) groups excluding carboxylic acids is 3. The minimum absolute atomic E-state index is 0.106. The van der Waals surface area contributed by atoms with E-state index >= 15 is 0 Å². The van der Waals surface area contributed by atoms with Gasteiger partial charge >= 0.3 is 5.97 Å². The molecule has 1 saturated heterocycles. The highest BCUT2D eigenvalue weighted by Gasteiger charge is 2.63. The number of hydrogen-bond acceptors (Lipinski definition) is 10. The maximum Gasteiger partial charge on any atom is 0.356 e. The maximum atomic E-state index is 13.8. The first kappa shape index (κ1) is 24.9. The predicted molar refractivity (Wildman–Crippen MR) is 138 cm³/mol. The molecule has 5 rings (SSSR count). The first-order valence-electron chi connectivity index (χ1n) is 11.2. The van der Waals surface area contributed by atoms with Crippen LogP contribution < -0.4 is 16.9 Å². The zero-order valence-electron chi connectivity index (χ0n) is 19.4. The molecule has 0 aliphatic carbocycles. The van der Waals surface area contributed by atoms with Crippen LogP contribution in [0, 0.1) is 0 Å². The molecule has 0 unspecified atom stereocenters. The Labute approximate surface area is 220 Å². The molecule has 190 valence electrons. The van der Waals surface area contributed by atoms with Crippen molar-refractivity contribution in [3.8, 4) is 0 Å². The molecule has 0 radical (unpaired) electrons. The van der Waals surface area contributed by atoms with Gasteiger partial charge in [0.2, 0.25) is 17.2 Å². The largest absolute Gasteiger partial charge is 0.448 e. The number of benzene rings is 2. The van der Waals surface area contributed by atoms with Crippen molar-refractivity contribution >= 4 is 41.8 Å². The van der Waals surface area contributed by atoms with Crippen molar-refractivity contribution in [3.05, 3.63) is 89.4 Å². The summed E-state index contributed by atoms with van der Waals surface area (Å²) in [7, 11) is 0. The molecule has 0 bridgehead atoms. The summed E-state index contributed by atoms with van der Waals surface area (Å²) in [4.78, 5) is 39.4. The van der Waals surface area contributed by atoms with E-state index in [9.17, 15) is 14.4 Å². The number of β-lactam (4-membered cyclic amide) rings is 1. The summed E-state index contributed by atoms with van der Waals surface area (Å²) in [6, 6.07) is 18.7. The van der Waals surface area contributed by atoms with Gasteiger partial charge in [-0.15, -0.1) is 22.0 Å². The first-order valence-corrected chi connectivity index (χ1v) is 13.2. The van der Waals surface area contributed by atoms with Crippen LogP contribution in [0.3, 0.4) is 0 Å². The van der Waals surface area contributed by atoms with E-state index in [0.717, 1.165) is 11.1 Å². The van der Waals surface area contributed by atoms with Gasteiger partial charge in [0.05, 0.1) is 0 Å². The van der Waals surface area contributed by atoms with Gasteiger partial charge in [0.25, 0.3) is 5.91 Å². The molecule has 1 aromatic heterocycles. The molecule has 0 spiro atoms. The molecule has 3 aromatic rings. The van der Waals surface area contributed by atoms with Gasteiger partial charge < -0.3 is 15.9 Å². The Morgan fingerprint density at radius 1 is 1.22 bits per heavy atom. The molecule has 13 heteroatoms. The molecular weight excluding hydrogens is 514 g/mol. The summed E-state index contributed by atoms with van der Waals surface area (Å²) < 4.78 is 7.36. The van der Waals surface area contributed by atoms with Crippen molar-refractivity contribution in [3.63, 3.8) is 0 Å². The maximum absolute atomic E-state index is 13.8. The Morgan fingerprint density at radius 2 is 1.86 bits per heavy atom. The quantitative estimate of drug-likeness (QED) is 0.0897. The number of nitrogen functional groups attached to an aromatic ring is 1. The third-order valence-electron chi connectivity index (χ3n) is 6.02. The van der Waals surface area contributed by atoms with E-state index in [1.165, 1.54) is 39.4 Å². The van der Waals surface area contributed by atoms with Gasteiger partial charge in [0, 0.05) is 11.5 Å². The summed E-state index contributed by atoms with van der Waals surface area (Å²) in [5, 5.41) is 9.92. The molecule has 2 amide bonds. The summed E-state index contributed by atoms with van der Waals surface area (Å²) in [5.41, 5.74) is 6.92. The number of nitrogens with two attached hydrogens (primary N) is 2. The van der Waals surface area contributed by atoms with Gasteiger partial charge in [-0.2, -0.15) is 0 Å². The molecular formula is C24H23N7O4S2. The summed E-state index contributed by atoms with van der Waals surface area (Å²) >= 11 is 2.63. The van der Waals surface area contributed by atoms with E-state index in [1.54, 1.807) is 0 Å². The Bertz CT molecular complexity index is 1310. The van der Waals surface area contributed by atoms with Gasteiger partial charge in [-0.25, -0.2) is 9.47 Å². The minimum Gasteiger partial charge on any atom is -0.448 e. The highest BCUT2D eigenvalue weighted by atomic mass is 32.2.